The van der Waals surface area contributed by atoms with Gasteiger partial charge in [0.05, 0.1) is 0 Å². The molecule has 0 aromatic carbocycles. The van der Waals surface area contributed by atoms with Crippen LogP contribution in [0.4, 0.5) is 0 Å². The normalized spacial score (nSPS) is 26.4. The van der Waals surface area contributed by atoms with Gasteiger partial charge in [0.15, 0.2) is 0 Å². The lowest BCUT2D eigenvalue weighted by Crippen LogP contribution is -2.36. The van der Waals surface area contributed by atoms with Crippen LogP contribution in [-0.2, 0) is 4.74 Å². The first-order valence-corrected chi connectivity index (χ1v) is 6.21. The Kier molecular flexibility index (Phi) is 3.82. The Hall–Kier alpha value is -0.0800. The Bertz CT molecular complexity index is 162. The van der Waals surface area contributed by atoms with Crippen molar-refractivity contribution in [2.75, 3.05) is 19.8 Å². The molecule has 1 saturated heterocycles. The van der Waals surface area contributed by atoms with Crippen LogP contribution in [0.25, 0.3) is 0 Å². The van der Waals surface area contributed by atoms with Gasteiger partial charge >= 0.3 is 0 Å². The molecule has 1 N–H and O–H groups in total. The summed E-state index contributed by atoms with van der Waals surface area (Å²) in [5.41, 5.74) is 0. The summed E-state index contributed by atoms with van der Waals surface area (Å²) >= 11 is 0. The van der Waals surface area contributed by atoms with Crippen molar-refractivity contribution >= 4 is 0 Å². The van der Waals surface area contributed by atoms with Crippen LogP contribution >= 0.6 is 0 Å². The van der Waals surface area contributed by atoms with Crippen LogP contribution in [0.15, 0.2) is 0 Å². The van der Waals surface area contributed by atoms with Crippen molar-refractivity contribution in [2.24, 2.45) is 11.8 Å². The lowest BCUT2D eigenvalue weighted by Gasteiger charge is -2.25. The number of hydrogen-bond acceptors (Lipinski definition) is 2. The summed E-state index contributed by atoms with van der Waals surface area (Å²) in [5, 5.41) is 3.75. The Morgan fingerprint density at radius 2 is 1.93 bits per heavy atom. The molecule has 1 aliphatic heterocycles. The Labute approximate surface area is 87.4 Å². The molecule has 0 aromatic heterocycles. The Morgan fingerprint density at radius 3 is 2.50 bits per heavy atom. The van der Waals surface area contributed by atoms with Crippen molar-refractivity contribution in [3.8, 4) is 0 Å². The summed E-state index contributed by atoms with van der Waals surface area (Å²) in [5.74, 6) is 1.87. The molecule has 2 rings (SSSR count). The lowest BCUT2D eigenvalue weighted by atomic mass is 9.99. The van der Waals surface area contributed by atoms with Crippen LogP contribution in [0.1, 0.15) is 39.0 Å². The fraction of sp³-hybridized carbons (Fsp3) is 1.00. The molecule has 2 fully saturated rings. The van der Waals surface area contributed by atoms with E-state index in [2.05, 4.69) is 12.2 Å². The first kappa shape index (κ1) is 10.4. The number of rotatable bonds is 5. The molecular formula is C12H23NO. The predicted octanol–water partition coefficient (Wildman–Crippen LogP) is 2.19. The van der Waals surface area contributed by atoms with E-state index in [1.54, 1.807) is 0 Å². The molecule has 1 atom stereocenters. The maximum absolute atomic E-state index is 5.36. The molecule has 1 aliphatic carbocycles. The average molecular weight is 197 g/mol. The second kappa shape index (κ2) is 5.13. The van der Waals surface area contributed by atoms with Crippen molar-refractivity contribution in [1.29, 1.82) is 0 Å². The van der Waals surface area contributed by atoms with Gasteiger partial charge in [-0.25, -0.2) is 0 Å². The quantitative estimate of drug-likeness (QED) is 0.729. The zero-order valence-corrected chi connectivity index (χ0v) is 9.30. The number of ether oxygens (including phenoxy) is 1. The SMILES string of the molecule is CCC(NCC1CCOCC1)C1CC1. The minimum Gasteiger partial charge on any atom is -0.381 e. The van der Waals surface area contributed by atoms with E-state index in [9.17, 15) is 0 Å². The summed E-state index contributed by atoms with van der Waals surface area (Å²) < 4.78 is 5.36. The highest BCUT2D eigenvalue weighted by Crippen LogP contribution is 2.34. The molecule has 1 saturated carbocycles. The van der Waals surface area contributed by atoms with Gasteiger partial charge in [-0.15, -0.1) is 0 Å². The molecule has 0 bridgehead atoms. The van der Waals surface area contributed by atoms with Crippen LogP contribution in [-0.4, -0.2) is 25.8 Å². The molecule has 14 heavy (non-hydrogen) atoms. The molecule has 82 valence electrons. The van der Waals surface area contributed by atoms with E-state index in [-0.39, 0.29) is 0 Å². The largest absolute Gasteiger partial charge is 0.381 e. The van der Waals surface area contributed by atoms with Gasteiger partial charge in [-0.05, 0) is 50.5 Å². The van der Waals surface area contributed by atoms with Crippen LogP contribution < -0.4 is 5.32 Å². The molecule has 0 radical (unpaired) electrons. The van der Waals surface area contributed by atoms with Crippen molar-refractivity contribution in [2.45, 2.75) is 45.1 Å². The maximum atomic E-state index is 5.36. The van der Waals surface area contributed by atoms with E-state index in [4.69, 9.17) is 4.74 Å². The van der Waals surface area contributed by atoms with Crippen LogP contribution in [0.5, 0.6) is 0 Å². The first-order chi connectivity index (χ1) is 6.90. The summed E-state index contributed by atoms with van der Waals surface area (Å²) in [6.07, 6.45) is 6.73. The summed E-state index contributed by atoms with van der Waals surface area (Å²) in [6.45, 7) is 5.48. The highest BCUT2D eigenvalue weighted by atomic mass is 16.5. The second-order valence-corrected chi connectivity index (χ2v) is 4.82. The van der Waals surface area contributed by atoms with Gasteiger partial charge in [-0.3, -0.25) is 0 Å². The summed E-state index contributed by atoms with van der Waals surface area (Å²) in [7, 11) is 0. The molecular weight excluding hydrogens is 174 g/mol. The van der Waals surface area contributed by atoms with Gasteiger partial charge in [0.1, 0.15) is 0 Å². The Morgan fingerprint density at radius 1 is 1.21 bits per heavy atom. The van der Waals surface area contributed by atoms with E-state index in [1.807, 2.05) is 0 Å². The third kappa shape index (κ3) is 2.96. The van der Waals surface area contributed by atoms with Gasteiger partial charge in [0, 0.05) is 19.3 Å². The van der Waals surface area contributed by atoms with Gasteiger partial charge < -0.3 is 10.1 Å². The van der Waals surface area contributed by atoms with E-state index in [1.165, 1.54) is 38.6 Å². The first-order valence-electron chi connectivity index (χ1n) is 6.21. The van der Waals surface area contributed by atoms with Crippen molar-refractivity contribution in [3.05, 3.63) is 0 Å². The monoisotopic (exact) mass is 197 g/mol. The topological polar surface area (TPSA) is 21.3 Å². The van der Waals surface area contributed by atoms with Crippen LogP contribution in [0.3, 0.4) is 0 Å². The average Bonchev–Trinajstić information content (AvgIpc) is 3.05. The zero-order chi connectivity index (χ0) is 9.80. The third-order valence-electron chi connectivity index (χ3n) is 3.64. The van der Waals surface area contributed by atoms with Crippen molar-refractivity contribution in [1.82, 2.24) is 5.32 Å². The van der Waals surface area contributed by atoms with E-state index in [0.29, 0.717) is 0 Å². The van der Waals surface area contributed by atoms with Crippen molar-refractivity contribution in [3.63, 3.8) is 0 Å². The molecule has 2 nitrogen and oxygen atoms in total. The highest BCUT2D eigenvalue weighted by Gasteiger charge is 2.29. The summed E-state index contributed by atoms with van der Waals surface area (Å²) in [6, 6.07) is 0.804. The van der Waals surface area contributed by atoms with E-state index in [0.717, 1.165) is 31.1 Å². The number of hydrogen-bond donors (Lipinski definition) is 1. The minimum atomic E-state index is 0.804. The fourth-order valence-corrected chi connectivity index (χ4v) is 2.41. The fourth-order valence-electron chi connectivity index (χ4n) is 2.41. The third-order valence-corrected chi connectivity index (χ3v) is 3.64. The molecule has 2 aliphatic rings. The maximum Gasteiger partial charge on any atom is 0.0469 e. The Balaban J connectivity index is 1.63. The molecule has 0 spiro atoms. The molecule has 0 amide bonds. The molecule has 0 aromatic rings. The predicted molar refractivity (Wildman–Crippen MR) is 58.3 cm³/mol. The minimum absolute atomic E-state index is 0.804. The standard InChI is InChI=1S/C12H23NO/c1-2-12(11-3-4-11)13-9-10-5-7-14-8-6-10/h10-13H,2-9H2,1H3. The van der Waals surface area contributed by atoms with E-state index >= 15 is 0 Å². The molecule has 2 heteroatoms. The second-order valence-electron chi connectivity index (χ2n) is 4.82. The van der Waals surface area contributed by atoms with Crippen LogP contribution in [0.2, 0.25) is 0 Å². The molecule has 1 unspecified atom stereocenters. The highest BCUT2D eigenvalue weighted by molar-refractivity contribution is 4.86. The van der Waals surface area contributed by atoms with Crippen LogP contribution in [0, 0.1) is 11.8 Å². The smallest absolute Gasteiger partial charge is 0.0469 e. The van der Waals surface area contributed by atoms with Gasteiger partial charge in [0.2, 0.25) is 0 Å². The van der Waals surface area contributed by atoms with Gasteiger partial charge in [-0.2, -0.15) is 0 Å². The van der Waals surface area contributed by atoms with Crippen molar-refractivity contribution < 1.29 is 4.74 Å². The van der Waals surface area contributed by atoms with Gasteiger partial charge in [-0.1, -0.05) is 6.92 Å². The molecule has 1 heterocycles. The van der Waals surface area contributed by atoms with Gasteiger partial charge in [0.25, 0.3) is 0 Å². The summed E-state index contributed by atoms with van der Waals surface area (Å²) in [4.78, 5) is 0. The lowest BCUT2D eigenvalue weighted by molar-refractivity contribution is 0.0651. The van der Waals surface area contributed by atoms with E-state index < -0.39 is 0 Å². The zero-order valence-electron chi connectivity index (χ0n) is 9.30. The number of nitrogens with one attached hydrogen (secondary N) is 1.